The minimum atomic E-state index is -1.27. The normalized spacial score (nSPS) is 19.4. The van der Waals surface area contributed by atoms with Crippen LogP contribution in [0, 0.1) is 0 Å². The lowest BCUT2D eigenvalue weighted by molar-refractivity contribution is -0.140. The van der Waals surface area contributed by atoms with Gasteiger partial charge >= 0.3 is 12.1 Å². The van der Waals surface area contributed by atoms with Crippen LogP contribution in [0.4, 0.5) is 4.79 Å². The molecule has 23 heavy (non-hydrogen) atoms. The van der Waals surface area contributed by atoms with E-state index in [0.717, 1.165) is 11.8 Å². The number of nitrogens with one attached hydrogen (secondary N) is 1. The van der Waals surface area contributed by atoms with Crippen molar-refractivity contribution in [3.8, 4) is 0 Å². The van der Waals surface area contributed by atoms with Gasteiger partial charge in [0, 0.05) is 25.1 Å². The summed E-state index contributed by atoms with van der Waals surface area (Å²) in [6.45, 7) is 6.52. The Morgan fingerprint density at radius 3 is 2.52 bits per heavy atom. The minimum absolute atomic E-state index is 0.0914. The fraction of sp³-hybridized carbons (Fsp3) is 0.714. The van der Waals surface area contributed by atoms with E-state index in [1.54, 1.807) is 20.8 Å². The van der Waals surface area contributed by atoms with E-state index in [1.807, 2.05) is 0 Å². The van der Waals surface area contributed by atoms with Gasteiger partial charge in [-0.15, -0.1) is 0 Å². The molecular formula is C14H22N2O6S. The fourth-order valence-electron chi connectivity index (χ4n) is 2.08. The molecule has 0 bridgehead atoms. The van der Waals surface area contributed by atoms with Gasteiger partial charge in [0.05, 0.1) is 6.54 Å². The number of carbonyl (C=O) groups excluding carboxylic acids is 3. The van der Waals surface area contributed by atoms with E-state index in [-0.39, 0.29) is 35.8 Å². The fourth-order valence-corrected chi connectivity index (χ4v) is 3.03. The number of likely N-dealkylation sites (tertiary alicyclic amines) is 1. The topological polar surface area (TPSA) is 113 Å². The van der Waals surface area contributed by atoms with E-state index < -0.39 is 23.7 Å². The van der Waals surface area contributed by atoms with Crippen LogP contribution in [0.2, 0.25) is 0 Å². The monoisotopic (exact) mass is 346 g/mol. The van der Waals surface area contributed by atoms with E-state index in [1.165, 1.54) is 11.8 Å². The number of ether oxygens (including phenoxy) is 1. The lowest BCUT2D eigenvalue weighted by atomic mass is 10.2. The summed E-state index contributed by atoms with van der Waals surface area (Å²) in [6.07, 6.45) is -0.672. The smallest absolute Gasteiger partial charge is 0.408 e. The molecular weight excluding hydrogens is 324 g/mol. The Morgan fingerprint density at radius 1 is 1.43 bits per heavy atom. The van der Waals surface area contributed by atoms with Gasteiger partial charge in [0.2, 0.25) is 5.91 Å². The molecule has 0 spiro atoms. The zero-order valence-corrected chi connectivity index (χ0v) is 14.4. The van der Waals surface area contributed by atoms with Crippen LogP contribution < -0.4 is 5.32 Å². The molecule has 9 heteroatoms. The van der Waals surface area contributed by atoms with E-state index in [9.17, 15) is 24.3 Å². The first-order valence-electron chi connectivity index (χ1n) is 7.15. The number of carboxylic acids is 1. The second-order valence-electron chi connectivity index (χ2n) is 6.27. The number of carboxylic acid groups (broad SMARTS) is 1. The number of alkyl carbamates (subject to hydrolysis) is 1. The number of aliphatic carboxylic acids is 1. The van der Waals surface area contributed by atoms with Gasteiger partial charge in [-0.3, -0.25) is 9.59 Å². The first-order chi connectivity index (χ1) is 10.5. The molecule has 1 unspecified atom stereocenters. The van der Waals surface area contributed by atoms with Crippen molar-refractivity contribution in [1.29, 1.82) is 0 Å². The lowest BCUT2D eigenvalue weighted by Gasteiger charge is -2.24. The minimum Gasteiger partial charge on any atom is -0.480 e. The van der Waals surface area contributed by atoms with Gasteiger partial charge in [-0.2, -0.15) is 0 Å². The third kappa shape index (κ3) is 6.89. The Kier molecular flexibility index (Phi) is 6.43. The van der Waals surface area contributed by atoms with Gasteiger partial charge in [0.1, 0.15) is 11.6 Å². The Hall–Kier alpha value is -1.77. The van der Waals surface area contributed by atoms with Crippen molar-refractivity contribution in [3.63, 3.8) is 0 Å². The van der Waals surface area contributed by atoms with Gasteiger partial charge in [0.25, 0.3) is 0 Å². The predicted molar refractivity (Wildman–Crippen MR) is 84.1 cm³/mol. The molecule has 1 aliphatic heterocycles. The van der Waals surface area contributed by atoms with Gasteiger partial charge in [-0.05, 0) is 20.8 Å². The molecule has 0 radical (unpaired) electrons. The molecule has 1 rings (SSSR count). The second-order valence-corrected chi connectivity index (χ2v) is 7.75. The van der Waals surface area contributed by atoms with Crippen LogP contribution in [0.1, 0.15) is 34.1 Å². The van der Waals surface area contributed by atoms with Crippen molar-refractivity contribution in [2.75, 3.05) is 13.1 Å². The summed E-state index contributed by atoms with van der Waals surface area (Å²) in [6, 6.07) is -1.27. The molecule has 0 saturated carbocycles. The summed E-state index contributed by atoms with van der Waals surface area (Å²) in [5.74, 6) is -1.49. The van der Waals surface area contributed by atoms with Crippen molar-refractivity contribution in [2.45, 2.75) is 51.0 Å². The summed E-state index contributed by atoms with van der Waals surface area (Å²) in [7, 11) is 0. The SMILES string of the molecule is CC(=O)SC1CC(=O)N(C[C@H](NC(=O)OC(C)(C)C)C(=O)O)C1. The third-order valence-corrected chi connectivity index (χ3v) is 3.88. The Labute approximate surface area is 138 Å². The highest BCUT2D eigenvalue weighted by Crippen LogP contribution is 2.24. The Balaban J connectivity index is 2.63. The van der Waals surface area contributed by atoms with Gasteiger partial charge < -0.3 is 20.1 Å². The van der Waals surface area contributed by atoms with Crippen molar-refractivity contribution in [3.05, 3.63) is 0 Å². The van der Waals surface area contributed by atoms with E-state index >= 15 is 0 Å². The summed E-state index contributed by atoms with van der Waals surface area (Å²) < 4.78 is 5.02. The number of hydrogen-bond donors (Lipinski definition) is 2. The molecule has 2 amide bonds. The second kappa shape index (κ2) is 7.67. The summed E-state index contributed by atoms with van der Waals surface area (Å²) in [5, 5.41) is 11.2. The maximum Gasteiger partial charge on any atom is 0.408 e. The van der Waals surface area contributed by atoms with Crippen LogP contribution in [0.25, 0.3) is 0 Å². The maximum atomic E-state index is 11.9. The molecule has 0 aromatic carbocycles. The van der Waals surface area contributed by atoms with Crippen molar-refractivity contribution in [2.24, 2.45) is 0 Å². The van der Waals surface area contributed by atoms with E-state index in [4.69, 9.17) is 4.74 Å². The van der Waals surface area contributed by atoms with Gasteiger partial charge in [-0.1, -0.05) is 11.8 Å². The third-order valence-electron chi connectivity index (χ3n) is 2.90. The number of amides is 2. The zero-order chi connectivity index (χ0) is 17.8. The average Bonchev–Trinajstić information content (AvgIpc) is 2.65. The predicted octanol–water partition coefficient (Wildman–Crippen LogP) is 0.845. The Bertz CT molecular complexity index is 502. The molecule has 1 saturated heterocycles. The zero-order valence-electron chi connectivity index (χ0n) is 13.6. The van der Waals surface area contributed by atoms with Crippen LogP contribution in [-0.2, 0) is 19.1 Å². The van der Waals surface area contributed by atoms with Crippen LogP contribution >= 0.6 is 11.8 Å². The highest BCUT2D eigenvalue weighted by molar-refractivity contribution is 8.14. The van der Waals surface area contributed by atoms with Crippen LogP contribution in [0.3, 0.4) is 0 Å². The molecule has 0 aromatic rings. The van der Waals surface area contributed by atoms with Gasteiger partial charge in [0.15, 0.2) is 5.12 Å². The average molecular weight is 346 g/mol. The molecule has 2 N–H and O–H groups in total. The molecule has 8 nitrogen and oxygen atoms in total. The first kappa shape index (κ1) is 19.3. The van der Waals surface area contributed by atoms with Crippen LogP contribution in [-0.4, -0.2) is 63.1 Å². The molecule has 0 aliphatic carbocycles. The van der Waals surface area contributed by atoms with Crippen molar-refractivity contribution >= 4 is 34.8 Å². The molecule has 130 valence electrons. The lowest BCUT2D eigenvalue weighted by Crippen LogP contribution is -2.50. The molecule has 2 atom stereocenters. The number of thioether (sulfide) groups is 1. The van der Waals surface area contributed by atoms with Crippen LogP contribution in [0.5, 0.6) is 0 Å². The van der Waals surface area contributed by atoms with E-state index in [0.29, 0.717) is 0 Å². The molecule has 1 aliphatic rings. The number of hydrogen-bond acceptors (Lipinski definition) is 6. The summed E-state index contributed by atoms with van der Waals surface area (Å²) >= 11 is 1.07. The van der Waals surface area contributed by atoms with E-state index in [2.05, 4.69) is 5.32 Å². The maximum absolute atomic E-state index is 11.9. The molecule has 1 fully saturated rings. The van der Waals surface area contributed by atoms with Gasteiger partial charge in [-0.25, -0.2) is 9.59 Å². The standard InChI is InChI=1S/C14H22N2O6S/c1-8(17)23-9-5-11(18)16(6-9)7-10(12(19)20)15-13(21)22-14(2,3)4/h9-10H,5-7H2,1-4H3,(H,15,21)(H,19,20)/t9?,10-/m0/s1. The van der Waals surface area contributed by atoms with Crippen molar-refractivity contribution in [1.82, 2.24) is 10.2 Å². The highest BCUT2D eigenvalue weighted by Gasteiger charge is 2.34. The number of rotatable bonds is 5. The first-order valence-corrected chi connectivity index (χ1v) is 8.03. The summed E-state index contributed by atoms with van der Waals surface area (Å²) in [5.41, 5.74) is -0.750. The Morgan fingerprint density at radius 2 is 2.04 bits per heavy atom. The number of carbonyl (C=O) groups is 4. The molecule has 1 heterocycles. The van der Waals surface area contributed by atoms with Crippen molar-refractivity contribution < 1.29 is 29.0 Å². The number of nitrogens with zero attached hydrogens (tertiary/aromatic N) is 1. The van der Waals surface area contributed by atoms with Crippen LogP contribution in [0.15, 0.2) is 0 Å². The highest BCUT2D eigenvalue weighted by atomic mass is 32.2. The molecule has 0 aromatic heterocycles. The summed E-state index contributed by atoms with van der Waals surface area (Å²) in [4.78, 5) is 47.3. The largest absolute Gasteiger partial charge is 0.480 e. The quantitative estimate of drug-likeness (QED) is 0.758.